The molecule has 0 aromatic heterocycles. The zero-order valence-corrected chi connectivity index (χ0v) is 31.5. The van der Waals surface area contributed by atoms with E-state index in [1.165, 1.54) is 44.6 Å². The number of piperazine rings is 2. The number of aliphatic hydroxyl groups is 2. The third kappa shape index (κ3) is 11.0. The SMILES string of the molecule is CN1CCN(CC2CCCCCCC2(O)Cc2cccc(F)c2)CC1.COc1ccccc1C1(O)CCCCCCC1CN1CCN(C)CC1. The van der Waals surface area contributed by atoms with Crippen molar-refractivity contribution in [1.82, 2.24) is 19.6 Å². The molecule has 2 aromatic carbocycles. The van der Waals surface area contributed by atoms with E-state index in [1.807, 2.05) is 24.3 Å². The highest BCUT2D eigenvalue weighted by Gasteiger charge is 2.41. The minimum atomic E-state index is -0.781. The molecule has 50 heavy (non-hydrogen) atoms. The summed E-state index contributed by atoms with van der Waals surface area (Å²) in [6, 6.07) is 14.8. The maximum Gasteiger partial charge on any atom is 0.124 e. The molecule has 2 aromatic rings. The van der Waals surface area contributed by atoms with Gasteiger partial charge in [0.25, 0.3) is 0 Å². The third-order valence-electron chi connectivity index (χ3n) is 12.3. The van der Waals surface area contributed by atoms with Crippen molar-refractivity contribution in [2.45, 2.75) is 94.7 Å². The zero-order valence-electron chi connectivity index (χ0n) is 31.5. The number of halogens is 1. The fourth-order valence-electron chi connectivity index (χ4n) is 9.01. The van der Waals surface area contributed by atoms with Gasteiger partial charge in [0.2, 0.25) is 0 Å². The fourth-order valence-corrected chi connectivity index (χ4v) is 9.01. The Morgan fingerprint density at radius 3 is 1.86 bits per heavy atom. The number of nitrogens with zero attached hydrogens (tertiary/aromatic N) is 4. The van der Waals surface area contributed by atoms with E-state index in [0.717, 1.165) is 121 Å². The van der Waals surface area contributed by atoms with Crippen molar-refractivity contribution in [3.05, 3.63) is 65.5 Å². The number of hydrogen-bond donors (Lipinski definition) is 2. The molecule has 2 heterocycles. The average molecular weight is 695 g/mol. The first kappa shape index (κ1) is 39.1. The first-order chi connectivity index (χ1) is 24.2. The van der Waals surface area contributed by atoms with Gasteiger partial charge < -0.3 is 34.5 Å². The normalized spacial score (nSPS) is 29.9. The molecule has 4 atom stereocenters. The van der Waals surface area contributed by atoms with Gasteiger partial charge >= 0.3 is 0 Å². The Balaban J connectivity index is 0.000000194. The van der Waals surface area contributed by atoms with Crippen LogP contribution in [0.1, 0.15) is 88.2 Å². The summed E-state index contributed by atoms with van der Waals surface area (Å²) in [5.74, 6) is 1.17. The second-order valence-electron chi connectivity index (χ2n) is 16.0. The van der Waals surface area contributed by atoms with Crippen molar-refractivity contribution in [2.24, 2.45) is 11.8 Å². The van der Waals surface area contributed by atoms with E-state index in [1.54, 1.807) is 19.2 Å². The highest BCUT2D eigenvalue weighted by atomic mass is 19.1. The summed E-state index contributed by atoms with van der Waals surface area (Å²) in [5, 5.41) is 23.5. The number of likely N-dealkylation sites (N-methyl/N-ethyl adjacent to an activating group) is 2. The number of benzene rings is 2. The molecule has 4 aliphatic rings. The van der Waals surface area contributed by atoms with Crippen LogP contribution in [-0.4, -0.2) is 122 Å². The molecular weight excluding hydrogens is 627 g/mol. The Morgan fingerprint density at radius 1 is 0.680 bits per heavy atom. The number of rotatable bonds is 8. The number of para-hydroxylation sites is 1. The highest BCUT2D eigenvalue weighted by molar-refractivity contribution is 5.38. The number of hydrogen-bond acceptors (Lipinski definition) is 7. The van der Waals surface area contributed by atoms with Crippen molar-refractivity contribution in [3.63, 3.8) is 0 Å². The molecule has 4 fully saturated rings. The topological polar surface area (TPSA) is 62.7 Å². The van der Waals surface area contributed by atoms with E-state index in [4.69, 9.17) is 4.74 Å². The lowest BCUT2D eigenvalue weighted by Gasteiger charge is -2.43. The summed E-state index contributed by atoms with van der Waals surface area (Å²) < 4.78 is 19.2. The lowest BCUT2D eigenvalue weighted by molar-refractivity contribution is -0.0587. The van der Waals surface area contributed by atoms with E-state index in [9.17, 15) is 14.6 Å². The Kier molecular flexibility index (Phi) is 15.0. The van der Waals surface area contributed by atoms with E-state index in [0.29, 0.717) is 6.42 Å². The van der Waals surface area contributed by atoms with Crippen molar-refractivity contribution < 1.29 is 19.3 Å². The predicted molar refractivity (Wildman–Crippen MR) is 202 cm³/mol. The van der Waals surface area contributed by atoms with Gasteiger partial charge in [0.1, 0.15) is 11.6 Å². The van der Waals surface area contributed by atoms with Gasteiger partial charge in [0, 0.05) is 89.3 Å². The van der Waals surface area contributed by atoms with Crippen molar-refractivity contribution in [2.75, 3.05) is 86.7 Å². The molecule has 8 heteroatoms. The van der Waals surface area contributed by atoms with Crippen molar-refractivity contribution >= 4 is 0 Å². The summed E-state index contributed by atoms with van der Waals surface area (Å²) in [7, 11) is 6.08. The predicted octanol–water partition coefficient (Wildman–Crippen LogP) is 6.42. The molecule has 7 nitrogen and oxygen atoms in total. The zero-order chi connectivity index (χ0) is 35.4. The highest BCUT2D eigenvalue weighted by Crippen LogP contribution is 2.44. The van der Waals surface area contributed by atoms with Gasteiger partial charge in [-0.05, 0) is 63.5 Å². The molecule has 0 spiro atoms. The second kappa shape index (κ2) is 19.1. The summed E-state index contributed by atoms with van der Waals surface area (Å²) in [5.41, 5.74) is 0.415. The molecule has 2 N–H and O–H groups in total. The molecule has 4 unspecified atom stereocenters. The van der Waals surface area contributed by atoms with Gasteiger partial charge in [-0.25, -0.2) is 4.39 Å². The van der Waals surface area contributed by atoms with E-state index >= 15 is 0 Å². The smallest absolute Gasteiger partial charge is 0.124 e. The van der Waals surface area contributed by atoms with Gasteiger partial charge in [-0.3, -0.25) is 0 Å². The first-order valence-corrected chi connectivity index (χ1v) is 19.8. The van der Waals surface area contributed by atoms with Gasteiger partial charge in [-0.2, -0.15) is 0 Å². The molecule has 0 bridgehead atoms. The number of ether oxygens (including phenoxy) is 1. The molecule has 2 aliphatic carbocycles. The minimum absolute atomic E-state index is 0.206. The van der Waals surface area contributed by atoms with Gasteiger partial charge in [0.05, 0.1) is 18.3 Å². The molecule has 2 saturated carbocycles. The second-order valence-corrected chi connectivity index (χ2v) is 16.0. The average Bonchev–Trinajstić information content (AvgIpc) is 3.10. The van der Waals surface area contributed by atoms with Gasteiger partial charge in [-0.1, -0.05) is 81.7 Å². The van der Waals surface area contributed by atoms with Gasteiger partial charge in [-0.15, -0.1) is 0 Å². The Morgan fingerprint density at radius 2 is 1.24 bits per heavy atom. The summed E-state index contributed by atoms with van der Waals surface area (Å²) in [4.78, 5) is 9.82. The van der Waals surface area contributed by atoms with Crippen LogP contribution in [0.25, 0.3) is 0 Å². The first-order valence-electron chi connectivity index (χ1n) is 19.8. The molecular formula is C42H67FN4O3. The van der Waals surface area contributed by atoms with Crippen molar-refractivity contribution in [3.8, 4) is 5.75 Å². The molecule has 0 amide bonds. The Labute approximate surface area is 302 Å². The fraction of sp³-hybridized carbons (Fsp3) is 0.714. The van der Waals surface area contributed by atoms with E-state index in [2.05, 4.69) is 39.8 Å². The quantitative estimate of drug-likeness (QED) is 0.331. The Hall–Kier alpha value is -2.07. The summed E-state index contributed by atoms with van der Waals surface area (Å²) >= 11 is 0. The van der Waals surface area contributed by atoms with Crippen LogP contribution in [-0.2, 0) is 12.0 Å². The standard InChI is InChI=1S/C21H33FN2O.C21H34N2O2/c1-23-11-13-24(14-12-23)17-19-8-4-2-3-5-10-21(19,25)16-18-7-6-9-20(22)15-18;1-22-13-15-23(16-14-22)17-18-9-5-3-4-8-12-21(18,24)19-10-6-7-11-20(19)25-2/h6-7,9,15,19,25H,2-5,8,10-14,16-17H2,1H3;6-7,10-11,18,24H,3-5,8-9,12-17H2,1-2H3. The number of methoxy groups -OCH3 is 1. The van der Waals surface area contributed by atoms with E-state index in [-0.39, 0.29) is 17.7 Å². The summed E-state index contributed by atoms with van der Waals surface area (Å²) in [6.45, 7) is 10.8. The van der Waals surface area contributed by atoms with Crippen molar-refractivity contribution in [1.29, 1.82) is 0 Å². The van der Waals surface area contributed by atoms with E-state index < -0.39 is 11.2 Å². The van der Waals surface area contributed by atoms with Crippen LogP contribution < -0.4 is 4.74 Å². The van der Waals surface area contributed by atoms with Crippen LogP contribution in [0.4, 0.5) is 4.39 Å². The van der Waals surface area contributed by atoms with Crippen LogP contribution in [0.3, 0.4) is 0 Å². The third-order valence-corrected chi connectivity index (χ3v) is 12.3. The lowest BCUT2D eigenvalue weighted by Crippen LogP contribution is -2.51. The van der Waals surface area contributed by atoms with Crippen LogP contribution in [0, 0.1) is 17.7 Å². The molecule has 2 saturated heterocycles. The Bertz CT molecular complexity index is 1280. The minimum Gasteiger partial charge on any atom is -0.496 e. The monoisotopic (exact) mass is 695 g/mol. The molecule has 0 radical (unpaired) electrons. The molecule has 280 valence electrons. The van der Waals surface area contributed by atoms with Crippen LogP contribution in [0.5, 0.6) is 5.75 Å². The maximum absolute atomic E-state index is 13.6. The van der Waals surface area contributed by atoms with Crippen LogP contribution in [0.2, 0.25) is 0 Å². The maximum atomic E-state index is 13.6. The summed E-state index contributed by atoms with van der Waals surface area (Å²) in [6.07, 6.45) is 14.0. The van der Waals surface area contributed by atoms with Crippen LogP contribution in [0.15, 0.2) is 48.5 Å². The van der Waals surface area contributed by atoms with Gasteiger partial charge in [0.15, 0.2) is 0 Å². The molecule has 6 rings (SSSR count). The van der Waals surface area contributed by atoms with Crippen LogP contribution >= 0.6 is 0 Å². The largest absolute Gasteiger partial charge is 0.496 e. The molecule has 2 aliphatic heterocycles. The lowest BCUT2D eigenvalue weighted by atomic mass is 9.73.